The van der Waals surface area contributed by atoms with E-state index in [1.165, 1.54) is 13.0 Å². The molecular formula is C22H22ClF3N2O4. The summed E-state index contributed by atoms with van der Waals surface area (Å²) in [6.07, 6.45) is -4.21. The van der Waals surface area contributed by atoms with Crippen LogP contribution in [0.3, 0.4) is 0 Å². The molecule has 32 heavy (non-hydrogen) atoms. The molecule has 3 rings (SSSR count). The maximum atomic E-state index is 12.7. The lowest BCUT2D eigenvalue weighted by Crippen LogP contribution is -2.40. The summed E-state index contributed by atoms with van der Waals surface area (Å²) in [5.74, 6) is -1.31. The highest BCUT2D eigenvalue weighted by molar-refractivity contribution is 6.32. The van der Waals surface area contributed by atoms with Crippen LogP contribution in [0.4, 0.5) is 18.9 Å². The van der Waals surface area contributed by atoms with Crippen molar-refractivity contribution < 1.29 is 32.2 Å². The molecular weight excluding hydrogens is 449 g/mol. The molecule has 0 fully saturated rings. The van der Waals surface area contributed by atoms with Crippen LogP contribution in [0, 0.1) is 0 Å². The first-order chi connectivity index (χ1) is 15.2. The fourth-order valence-corrected chi connectivity index (χ4v) is 3.54. The third-order valence-corrected chi connectivity index (χ3v) is 5.00. The first-order valence-electron chi connectivity index (χ1n) is 10.00. The number of hydrogen-bond acceptors (Lipinski definition) is 4. The van der Waals surface area contributed by atoms with Gasteiger partial charge in [0, 0.05) is 25.2 Å². The minimum Gasteiger partial charge on any atom is -0.489 e. The van der Waals surface area contributed by atoms with E-state index in [4.69, 9.17) is 21.1 Å². The molecule has 0 aromatic heterocycles. The molecule has 0 bridgehead atoms. The van der Waals surface area contributed by atoms with Gasteiger partial charge in [-0.2, -0.15) is 13.2 Å². The van der Waals surface area contributed by atoms with Crippen molar-refractivity contribution in [3.63, 3.8) is 0 Å². The summed E-state index contributed by atoms with van der Waals surface area (Å²) < 4.78 is 49.4. The Morgan fingerprint density at radius 3 is 2.59 bits per heavy atom. The molecule has 0 saturated carbocycles. The molecule has 2 amide bonds. The number of anilines is 1. The minimum atomic E-state index is -4.94. The summed E-state index contributed by atoms with van der Waals surface area (Å²) in [4.78, 5) is 24.7. The van der Waals surface area contributed by atoms with Crippen LogP contribution < -0.4 is 14.8 Å². The highest BCUT2D eigenvalue weighted by atomic mass is 35.5. The van der Waals surface area contributed by atoms with E-state index in [0.29, 0.717) is 51.4 Å². The Labute approximate surface area is 188 Å². The number of hydrogen-bond donors (Lipinski definition) is 1. The third-order valence-electron chi connectivity index (χ3n) is 4.72. The van der Waals surface area contributed by atoms with Crippen LogP contribution >= 0.6 is 11.6 Å². The smallest absolute Gasteiger partial charge is 0.471 e. The van der Waals surface area contributed by atoms with Crippen molar-refractivity contribution in [2.75, 3.05) is 25.1 Å². The number of carbonyl (C=O) groups excluding carboxylic acids is 2. The maximum absolute atomic E-state index is 12.7. The summed E-state index contributed by atoms with van der Waals surface area (Å²) >= 11 is 6.26. The Morgan fingerprint density at radius 1 is 1.12 bits per heavy atom. The predicted molar refractivity (Wildman–Crippen MR) is 113 cm³/mol. The van der Waals surface area contributed by atoms with Crippen LogP contribution in [0.15, 0.2) is 36.4 Å². The molecule has 2 aromatic rings. The van der Waals surface area contributed by atoms with Crippen molar-refractivity contribution in [1.29, 1.82) is 0 Å². The Bertz CT molecular complexity index is 998. The second-order valence-electron chi connectivity index (χ2n) is 7.20. The predicted octanol–water partition coefficient (Wildman–Crippen LogP) is 4.59. The number of fused-ring (bicyclic) bond motifs is 1. The number of nitrogens with one attached hydrogen (secondary N) is 1. The molecule has 1 N–H and O–H groups in total. The standard InChI is InChI=1S/C22H22ClF3N2O4/c1-2-28(21(30)22(24,25)26)13-14-5-3-6-16(9-14)27-19(29)12-15-10-17(23)20-18(11-15)31-7-4-8-32-20/h3,5-6,9-11H,2,4,7-8,12-13H2,1H3,(H,27,29). The maximum Gasteiger partial charge on any atom is 0.471 e. The molecule has 0 atom stereocenters. The van der Waals surface area contributed by atoms with Crippen LogP contribution in [0.5, 0.6) is 11.5 Å². The molecule has 2 aromatic carbocycles. The van der Waals surface area contributed by atoms with Crippen molar-refractivity contribution in [2.45, 2.75) is 32.5 Å². The SMILES string of the molecule is CCN(Cc1cccc(NC(=O)Cc2cc(Cl)c3c(c2)OCCCO3)c1)C(=O)C(F)(F)F. The van der Waals surface area contributed by atoms with Gasteiger partial charge in [-0.3, -0.25) is 9.59 Å². The molecule has 1 aliphatic rings. The van der Waals surface area contributed by atoms with Crippen LogP contribution in [0.1, 0.15) is 24.5 Å². The third kappa shape index (κ3) is 6.06. The molecule has 172 valence electrons. The van der Waals surface area contributed by atoms with Gasteiger partial charge in [-0.1, -0.05) is 23.7 Å². The largest absolute Gasteiger partial charge is 0.489 e. The number of rotatable bonds is 6. The van der Waals surface area contributed by atoms with E-state index in [-0.39, 0.29) is 25.4 Å². The van der Waals surface area contributed by atoms with Crippen molar-refractivity contribution in [3.05, 3.63) is 52.5 Å². The molecule has 1 aliphatic heterocycles. The van der Waals surface area contributed by atoms with Gasteiger partial charge in [0.05, 0.1) is 24.7 Å². The molecule has 0 radical (unpaired) electrons. The number of alkyl halides is 3. The first-order valence-corrected chi connectivity index (χ1v) is 10.4. The van der Waals surface area contributed by atoms with Gasteiger partial charge in [0.15, 0.2) is 11.5 Å². The van der Waals surface area contributed by atoms with Gasteiger partial charge in [0.25, 0.3) is 0 Å². The summed E-state index contributed by atoms with van der Waals surface area (Å²) in [5.41, 5.74) is 1.49. The van der Waals surface area contributed by atoms with Gasteiger partial charge in [-0.15, -0.1) is 0 Å². The zero-order chi connectivity index (χ0) is 23.3. The van der Waals surface area contributed by atoms with E-state index in [1.807, 2.05) is 0 Å². The van der Waals surface area contributed by atoms with E-state index >= 15 is 0 Å². The monoisotopic (exact) mass is 470 g/mol. The number of carbonyl (C=O) groups is 2. The topological polar surface area (TPSA) is 67.9 Å². The van der Waals surface area contributed by atoms with Gasteiger partial charge in [-0.05, 0) is 42.3 Å². The second-order valence-corrected chi connectivity index (χ2v) is 7.60. The van der Waals surface area contributed by atoms with E-state index in [1.54, 1.807) is 30.3 Å². The average molecular weight is 471 g/mol. The average Bonchev–Trinajstić information content (AvgIpc) is 2.97. The Morgan fingerprint density at radius 2 is 1.88 bits per heavy atom. The fourth-order valence-electron chi connectivity index (χ4n) is 3.25. The Balaban J connectivity index is 1.67. The van der Waals surface area contributed by atoms with Gasteiger partial charge in [0.1, 0.15) is 0 Å². The highest BCUT2D eigenvalue weighted by Gasteiger charge is 2.41. The molecule has 0 saturated heterocycles. The van der Waals surface area contributed by atoms with Crippen molar-refractivity contribution >= 4 is 29.1 Å². The first kappa shape index (κ1) is 23.7. The van der Waals surface area contributed by atoms with Gasteiger partial charge in [-0.25, -0.2) is 0 Å². The summed E-state index contributed by atoms with van der Waals surface area (Å²) in [7, 11) is 0. The number of benzene rings is 2. The quantitative estimate of drug-likeness (QED) is 0.670. The lowest BCUT2D eigenvalue weighted by atomic mass is 10.1. The van der Waals surface area contributed by atoms with Gasteiger partial charge < -0.3 is 19.7 Å². The normalized spacial score (nSPS) is 13.3. The summed E-state index contributed by atoms with van der Waals surface area (Å²) in [5, 5.41) is 3.06. The number of nitrogens with zero attached hydrogens (tertiary/aromatic N) is 1. The van der Waals surface area contributed by atoms with Crippen molar-refractivity contribution in [1.82, 2.24) is 4.90 Å². The van der Waals surface area contributed by atoms with E-state index in [0.717, 1.165) is 6.42 Å². The zero-order valence-corrected chi connectivity index (χ0v) is 18.1. The van der Waals surface area contributed by atoms with Crippen LogP contribution in [0.2, 0.25) is 5.02 Å². The fraction of sp³-hybridized carbons (Fsp3) is 0.364. The molecule has 10 heteroatoms. The van der Waals surface area contributed by atoms with Gasteiger partial charge in [0.2, 0.25) is 5.91 Å². The zero-order valence-electron chi connectivity index (χ0n) is 17.3. The number of ether oxygens (including phenoxy) is 2. The molecule has 0 spiro atoms. The second kappa shape index (κ2) is 10.1. The summed E-state index contributed by atoms with van der Waals surface area (Å²) in [6.45, 7) is 2.12. The van der Waals surface area contributed by atoms with Crippen molar-refractivity contribution in [3.8, 4) is 11.5 Å². The van der Waals surface area contributed by atoms with E-state index in [9.17, 15) is 22.8 Å². The lowest BCUT2D eigenvalue weighted by Gasteiger charge is -2.22. The molecule has 6 nitrogen and oxygen atoms in total. The van der Waals surface area contributed by atoms with Crippen LogP contribution in [0.25, 0.3) is 0 Å². The van der Waals surface area contributed by atoms with Crippen LogP contribution in [-0.4, -0.2) is 42.6 Å². The van der Waals surface area contributed by atoms with Gasteiger partial charge >= 0.3 is 12.1 Å². The van der Waals surface area contributed by atoms with E-state index in [2.05, 4.69) is 5.32 Å². The minimum absolute atomic E-state index is 0.00817. The highest BCUT2D eigenvalue weighted by Crippen LogP contribution is 2.38. The Hall–Kier alpha value is -2.94. The number of amides is 2. The molecule has 0 unspecified atom stereocenters. The van der Waals surface area contributed by atoms with Crippen molar-refractivity contribution in [2.24, 2.45) is 0 Å². The number of halogens is 4. The summed E-state index contributed by atoms with van der Waals surface area (Å²) in [6, 6.07) is 9.67. The van der Waals surface area contributed by atoms with Crippen LogP contribution in [-0.2, 0) is 22.6 Å². The molecule has 1 heterocycles. The molecule has 0 aliphatic carbocycles. The lowest BCUT2D eigenvalue weighted by molar-refractivity contribution is -0.185. The van der Waals surface area contributed by atoms with E-state index < -0.39 is 12.1 Å². The Kier molecular flexibility index (Phi) is 7.50.